The number of aromatic nitrogens is 3. The average Bonchev–Trinajstić information content (AvgIpc) is 3.07. The number of aliphatic hydroxyl groups is 1. The number of rotatable bonds is 9. The second-order valence-corrected chi connectivity index (χ2v) is 8.43. The van der Waals surface area contributed by atoms with Crippen molar-refractivity contribution in [2.45, 2.75) is 58.1 Å². The van der Waals surface area contributed by atoms with Crippen molar-refractivity contribution >= 4 is 11.9 Å². The van der Waals surface area contributed by atoms with Gasteiger partial charge < -0.3 is 9.84 Å². The number of nitrogens with zero attached hydrogens (tertiary/aromatic N) is 4. The van der Waals surface area contributed by atoms with Crippen LogP contribution in [0, 0.1) is 0 Å². The molecule has 0 unspecified atom stereocenters. The monoisotopic (exact) mass is 415 g/mol. The molecule has 1 aromatic heterocycles. The summed E-state index contributed by atoms with van der Waals surface area (Å²) in [5.74, 6) is 1.28. The van der Waals surface area contributed by atoms with Gasteiger partial charge in [-0.15, -0.1) is 0 Å². The van der Waals surface area contributed by atoms with Gasteiger partial charge in [0.05, 0.1) is 6.61 Å². The van der Waals surface area contributed by atoms with Crippen LogP contribution in [-0.2, 0) is 24.0 Å². The van der Waals surface area contributed by atoms with Crippen molar-refractivity contribution in [1.82, 2.24) is 19.7 Å². The SMILES string of the molecule is Cn1nc(C(C)(C)O)nc1NC(=O)CCCOc1cccc(CN2CCCCC2)c1. The van der Waals surface area contributed by atoms with E-state index in [0.717, 1.165) is 12.3 Å². The molecular weight excluding hydrogens is 382 g/mol. The van der Waals surface area contributed by atoms with Gasteiger partial charge in [-0.3, -0.25) is 15.0 Å². The lowest BCUT2D eigenvalue weighted by Gasteiger charge is -2.26. The third kappa shape index (κ3) is 6.53. The number of piperidine rings is 1. The second-order valence-electron chi connectivity index (χ2n) is 8.43. The van der Waals surface area contributed by atoms with Crippen LogP contribution in [0.4, 0.5) is 5.95 Å². The fraction of sp³-hybridized carbons (Fsp3) is 0.591. The van der Waals surface area contributed by atoms with Crippen LogP contribution >= 0.6 is 0 Å². The van der Waals surface area contributed by atoms with Crippen molar-refractivity contribution in [3.05, 3.63) is 35.7 Å². The fourth-order valence-corrected chi connectivity index (χ4v) is 3.47. The Morgan fingerprint density at radius 1 is 1.27 bits per heavy atom. The minimum atomic E-state index is -1.16. The molecule has 8 nitrogen and oxygen atoms in total. The van der Waals surface area contributed by atoms with Crippen LogP contribution < -0.4 is 10.1 Å². The van der Waals surface area contributed by atoms with E-state index in [-0.39, 0.29) is 11.7 Å². The first-order valence-electron chi connectivity index (χ1n) is 10.7. The van der Waals surface area contributed by atoms with Gasteiger partial charge in [-0.2, -0.15) is 10.1 Å². The molecule has 8 heteroatoms. The quantitative estimate of drug-likeness (QED) is 0.612. The van der Waals surface area contributed by atoms with Crippen LogP contribution in [0.15, 0.2) is 24.3 Å². The number of amides is 1. The zero-order valence-electron chi connectivity index (χ0n) is 18.2. The number of anilines is 1. The van der Waals surface area contributed by atoms with Gasteiger partial charge in [0.1, 0.15) is 11.4 Å². The van der Waals surface area contributed by atoms with Crippen molar-refractivity contribution in [2.75, 3.05) is 25.0 Å². The summed E-state index contributed by atoms with van der Waals surface area (Å²) in [4.78, 5) is 18.9. The standard InChI is InChI=1S/C22H33N5O3/c1-22(2,29)20-24-21(26(3)25-20)23-19(28)11-8-14-30-18-10-7-9-17(15-18)16-27-12-5-4-6-13-27/h7,9-10,15,29H,4-6,8,11-14,16H2,1-3H3,(H,23,24,25,28). The number of likely N-dealkylation sites (tertiary alicyclic amines) is 1. The van der Waals surface area contributed by atoms with Gasteiger partial charge in [-0.1, -0.05) is 18.6 Å². The Morgan fingerprint density at radius 3 is 2.73 bits per heavy atom. The van der Waals surface area contributed by atoms with Crippen LogP contribution in [-0.4, -0.2) is 50.4 Å². The summed E-state index contributed by atoms with van der Waals surface area (Å²) in [6, 6.07) is 8.21. The van der Waals surface area contributed by atoms with Crippen molar-refractivity contribution in [3.63, 3.8) is 0 Å². The number of nitrogens with one attached hydrogen (secondary N) is 1. The fourth-order valence-electron chi connectivity index (χ4n) is 3.47. The maximum absolute atomic E-state index is 12.2. The number of benzene rings is 1. The highest BCUT2D eigenvalue weighted by Gasteiger charge is 2.23. The summed E-state index contributed by atoms with van der Waals surface area (Å²) < 4.78 is 7.30. The zero-order chi connectivity index (χ0) is 21.6. The molecule has 2 heterocycles. The lowest BCUT2D eigenvalue weighted by Crippen LogP contribution is -2.29. The number of hydrogen-bond donors (Lipinski definition) is 2. The number of aryl methyl sites for hydroxylation is 1. The third-order valence-corrected chi connectivity index (χ3v) is 5.13. The van der Waals surface area contributed by atoms with Crippen LogP contribution in [0.3, 0.4) is 0 Å². The smallest absolute Gasteiger partial charge is 0.227 e. The third-order valence-electron chi connectivity index (χ3n) is 5.13. The molecule has 1 fully saturated rings. The van der Waals surface area contributed by atoms with Crippen LogP contribution in [0.2, 0.25) is 0 Å². The van der Waals surface area contributed by atoms with Gasteiger partial charge in [0.15, 0.2) is 5.82 Å². The Kier molecular flexibility index (Phi) is 7.44. The predicted octanol–water partition coefficient (Wildman–Crippen LogP) is 2.83. The minimum Gasteiger partial charge on any atom is -0.494 e. The van der Waals surface area contributed by atoms with Gasteiger partial charge in [0, 0.05) is 20.0 Å². The highest BCUT2D eigenvalue weighted by Crippen LogP contribution is 2.19. The van der Waals surface area contributed by atoms with E-state index in [4.69, 9.17) is 4.74 Å². The predicted molar refractivity (Wildman–Crippen MR) is 115 cm³/mol. The van der Waals surface area contributed by atoms with E-state index in [9.17, 15) is 9.90 Å². The Bertz CT molecular complexity index is 838. The summed E-state index contributed by atoms with van der Waals surface area (Å²) in [7, 11) is 1.68. The Morgan fingerprint density at radius 2 is 2.03 bits per heavy atom. The molecule has 1 aliphatic heterocycles. The van der Waals surface area contributed by atoms with Crippen LogP contribution in [0.1, 0.15) is 57.3 Å². The molecule has 2 N–H and O–H groups in total. The molecule has 0 saturated carbocycles. The molecule has 3 rings (SSSR count). The van der Waals surface area contributed by atoms with E-state index in [2.05, 4.69) is 32.4 Å². The van der Waals surface area contributed by atoms with E-state index in [0.29, 0.717) is 25.4 Å². The van der Waals surface area contributed by atoms with Crippen molar-refractivity contribution < 1.29 is 14.6 Å². The first kappa shape index (κ1) is 22.2. The largest absolute Gasteiger partial charge is 0.494 e. The van der Waals surface area contributed by atoms with E-state index in [1.807, 2.05) is 12.1 Å². The zero-order valence-corrected chi connectivity index (χ0v) is 18.2. The van der Waals surface area contributed by atoms with E-state index < -0.39 is 5.60 Å². The average molecular weight is 416 g/mol. The topological polar surface area (TPSA) is 92.5 Å². The Labute approximate surface area is 178 Å². The molecule has 1 aromatic carbocycles. The van der Waals surface area contributed by atoms with Crippen molar-refractivity contribution in [1.29, 1.82) is 0 Å². The summed E-state index contributed by atoms with van der Waals surface area (Å²) in [6.07, 6.45) is 4.82. The summed E-state index contributed by atoms with van der Waals surface area (Å²) in [5.41, 5.74) is 0.106. The van der Waals surface area contributed by atoms with E-state index >= 15 is 0 Å². The molecule has 1 saturated heterocycles. The molecule has 0 bridgehead atoms. The summed E-state index contributed by atoms with van der Waals surface area (Å²) in [6.45, 7) is 6.98. The molecule has 0 radical (unpaired) electrons. The highest BCUT2D eigenvalue weighted by molar-refractivity contribution is 5.88. The minimum absolute atomic E-state index is 0.157. The number of carbonyl (C=O) groups excluding carboxylic acids is 1. The van der Waals surface area contributed by atoms with Crippen LogP contribution in [0.5, 0.6) is 5.75 Å². The van der Waals surface area contributed by atoms with Crippen LogP contribution in [0.25, 0.3) is 0 Å². The molecule has 1 aliphatic rings. The van der Waals surface area contributed by atoms with Crippen molar-refractivity contribution in [2.24, 2.45) is 7.05 Å². The molecule has 30 heavy (non-hydrogen) atoms. The van der Waals surface area contributed by atoms with Gasteiger partial charge in [-0.05, 0) is 63.9 Å². The highest BCUT2D eigenvalue weighted by atomic mass is 16.5. The number of carbonyl (C=O) groups is 1. The molecule has 0 atom stereocenters. The molecular formula is C22H33N5O3. The van der Waals surface area contributed by atoms with Gasteiger partial charge >= 0.3 is 0 Å². The molecule has 164 valence electrons. The Hall–Kier alpha value is -2.45. The number of ether oxygens (including phenoxy) is 1. The normalized spacial score (nSPS) is 15.2. The summed E-state index contributed by atoms with van der Waals surface area (Å²) in [5, 5.41) is 16.9. The number of hydrogen-bond acceptors (Lipinski definition) is 6. The maximum Gasteiger partial charge on any atom is 0.227 e. The first-order valence-corrected chi connectivity index (χ1v) is 10.7. The molecule has 0 aliphatic carbocycles. The lowest BCUT2D eigenvalue weighted by atomic mass is 10.1. The van der Waals surface area contributed by atoms with E-state index in [1.54, 1.807) is 20.9 Å². The van der Waals surface area contributed by atoms with Crippen molar-refractivity contribution in [3.8, 4) is 5.75 Å². The summed E-state index contributed by atoms with van der Waals surface area (Å²) >= 11 is 0. The first-order chi connectivity index (χ1) is 14.3. The molecule has 1 amide bonds. The molecule has 0 spiro atoms. The van der Waals surface area contributed by atoms with E-state index in [1.165, 1.54) is 42.6 Å². The maximum atomic E-state index is 12.2. The molecule has 2 aromatic rings. The Balaban J connectivity index is 1.41. The lowest BCUT2D eigenvalue weighted by molar-refractivity contribution is -0.116. The van der Waals surface area contributed by atoms with Gasteiger partial charge in [0.2, 0.25) is 11.9 Å². The second kappa shape index (κ2) is 10.0. The van der Waals surface area contributed by atoms with Gasteiger partial charge in [-0.25, -0.2) is 4.68 Å². The van der Waals surface area contributed by atoms with Gasteiger partial charge in [0.25, 0.3) is 0 Å².